The van der Waals surface area contributed by atoms with E-state index in [1.165, 1.54) is 17.7 Å². The molecular formula is C9H12BrNO. The Morgan fingerprint density at radius 1 is 1.75 bits per heavy atom. The molecule has 0 aromatic carbocycles. The Kier molecular flexibility index (Phi) is 2.24. The fraction of sp³-hybridized carbons (Fsp3) is 0.556. The Morgan fingerprint density at radius 3 is 3.33 bits per heavy atom. The van der Waals surface area contributed by atoms with Crippen LogP contribution in [0.2, 0.25) is 0 Å². The van der Waals surface area contributed by atoms with Crippen molar-refractivity contribution in [2.75, 3.05) is 13.6 Å². The van der Waals surface area contributed by atoms with E-state index in [-0.39, 0.29) is 0 Å². The fourth-order valence-corrected chi connectivity index (χ4v) is 2.31. The van der Waals surface area contributed by atoms with E-state index in [0.29, 0.717) is 5.92 Å². The number of nitrogens with one attached hydrogen (secondary N) is 1. The summed E-state index contributed by atoms with van der Waals surface area (Å²) in [5.74, 6) is 1.82. The average molecular weight is 230 g/mol. The van der Waals surface area contributed by atoms with Crippen molar-refractivity contribution in [3.05, 3.63) is 22.1 Å². The predicted octanol–water partition coefficient (Wildman–Crippen LogP) is 2.29. The zero-order valence-electron chi connectivity index (χ0n) is 7.06. The van der Waals surface area contributed by atoms with Crippen molar-refractivity contribution < 1.29 is 4.42 Å². The molecule has 2 rings (SSSR count). The highest BCUT2D eigenvalue weighted by Crippen LogP contribution is 2.36. The normalized spacial score (nSPS) is 21.3. The molecule has 0 saturated heterocycles. The summed E-state index contributed by atoms with van der Waals surface area (Å²) in [5.41, 5.74) is 1.39. The van der Waals surface area contributed by atoms with Gasteiger partial charge in [0, 0.05) is 18.9 Å². The fourth-order valence-electron chi connectivity index (χ4n) is 1.87. The van der Waals surface area contributed by atoms with Gasteiger partial charge in [0.2, 0.25) is 0 Å². The van der Waals surface area contributed by atoms with Crippen LogP contribution in [0.15, 0.2) is 15.2 Å². The number of likely N-dealkylation sites (N-methyl/N-ethyl adjacent to an activating group) is 1. The maximum absolute atomic E-state index is 5.49. The van der Waals surface area contributed by atoms with E-state index in [1.54, 1.807) is 0 Å². The van der Waals surface area contributed by atoms with Crippen molar-refractivity contribution in [3.63, 3.8) is 0 Å². The lowest BCUT2D eigenvalue weighted by molar-refractivity contribution is 0.491. The molecule has 1 heterocycles. The Bertz CT molecular complexity index is 282. The van der Waals surface area contributed by atoms with Crippen LogP contribution in [-0.4, -0.2) is 13.6 Å². The van der Waals surface area contributed by atoms with Gasteiger partial charge in [-0.15, -0.1) is 0 Å². The monoisotopic (exact) mass is 229 g/mol. The molecule has 1 aliphatic rings. The van der Waals surface area contributed by atoms with Crippen molar-refractivity contribution in [2.45, 2.75) is 18.8 Å². The number of hydrogen-bond acceptors (Lipinski definition) is 2. The molecule has 0 bridgehead atoms. The first-order valence-corrected chi connectivity index (χ1v) is 5.03. The van der Waals surface area contributed by atoms with Gasteiger partial charge in [0.05, 0.1) is 0 Å². The molecule has 0 fully saturated rings. The van der Waals surface area contributed by atoms with Crippen molar-refractivity contribution in [2.24, 2.45) is 0 Å². The smallest absolute Gasteiger partial charge is 0.169 e. The van der Waals surface area contributed by atoms with E-state index < -0.39 is 0 Å². The molecule has 0 radical (unpaired) electrons. The minimum absolute atomic E-state index is 0.653. The summed E-state index contributed by atoms with van der Waals surface area (Å²) in [6, 6.07) is 2.10. The van der Waals surface area contributed by atoms with E-state index >= 15 is 0 Å². The van der Waals surface area contributed by atoms with Gasteiger partial charge in [-0.1, -0.05) is 0 Å². The first-order valence-electron chi connectivity index (χ1n) is 4.24. The third-order valence-corrected chi connectivity index (χ3v) is 2.81. The zero-order chi connectivity index (χ0) is 8.55. The number of hydrogen-bond donors (Lipinski definition) is 1. The topological polar surface area (TPSA) is 25.2 Å². The molecule has 1 aromatic rings. The summed E-state index contributed by atoms with van der Waals surface area (Å²) in [4.78, 5) is 0. The largest absolute Gasteiger partial charge is 0.454 e. The quantitative estimate of drug-likeness (QED) is 0.843. The number of fused-ring (bicyclic) bond motifs is 1. The van der Waals surface area contributed by atoms with Crippen LogP contribution in [0.4, 0.5) is 0 Å². The summed E-state index contributed by atoms with van der Waals surface area (Å²) in [5, 5.41) is 3.20. The molecule has 1 aromatic heterocycles. The molecule has 0 saturated carbocycles. The van der Waals surface area contributed by atoms with Gasteiger partial charge in [0.25, 0.3) is 0 Å². The number of rotatable bonds is 2. The average Bonchev–Trinajstić information content (AvgIpc) is 2.52. The van der Waals surface area contributed by atoms with E-state index in [2.05, 4.69) is 27.3 Å². The van der Waals surface area contributed by atoms with Gasteiger partial charge < -0.3 is 9.73 Å². The van der Waals surface area contributed by atoms with E-state index in [1.807, 2.05) is 7.05 Å². The first kappa shape index (κ1) is 8.32. The third-order valence-electron chi connectivity index (χ3n) is 2.42. The standard InChI is InChI=1S/C9H12BrNO/c1-11-5-6-2-3-8-7(6)4-9(10)12-8/h4,6,11H,2-3,5H2,1H3. The van der Waals surface area contributed by atoms with Gasteiger partial charge in [-0.2, -0.15) is 0 Å². The van der Waals surface area contributed by atoms with Crippen molar-refractivity contribution in [1.29, 1.82) is 0 Å². The minimum Gasteiger partial charge on any atom is -0.454 e. The Labute approximate surface area is 80.5 Å². The summed E-state index contributed by atoms with van der Waals surface area (Å²) >= 11 is 3.35. The lowest BCUT2D eigenvalue weighted by atomic mass is 10.0. The van der Waals surface area contributed by atoms with Crippen LogP contribution in [0.1, 0.15) is 23.7 Å². The van der Waals surface area contributed by atoms with Gasteiger partial charge in [-0.05, 0) is 41.0 Å². The van der Waals surface area contributed by atoms with Gasteiger partial charge >= 0.3 is 0 Å². The van der Waals surface area contributed by atoms with Crippen LogP contribution < -0.4 is 5.32 Å². The second kappa shape index (κ2) is 3.23. The van der Waals surface area contributed by atoms with Gasteiger partial charge in [-0.25, -0.2) is 0 Å². The molecular weight excluding hydrogens is 218 g/mol. The molecule has 0 aliphatic heterocycles. The van der Waals surface area contributed by atoms with Crippen LogP contribution >= 0.6 is 15.9 Å². The number of halogens is 1. The second-order valence-electron chi connectivity index (χ2n) is 3.22. The van der Waals surface area contributed by atoms with Crippen molar-refractivity contribution >= 4 is 15.9 Å². The van der Waals surface area contributed by atoms with Crippen LogP contribution in [0.3, 0.4) is 0 Å². The van der Waals surface area contributed by atoms with Crippen molar-refractivity contribution in [3.8, 4) is 0 Å². The molecule has 12 heavy (non-hydrogen) atoms. The van der Waals surface area contributed by atoms with Crippen LogP contribution in [0, 0.1) is 0 Å². The Hall–Kier alpha value is -0.280. The highest BCUT2D eigenvalue weighted by molar-refractivity contribution is 9.10. The van der Waals surface area contributed by atoms with Gasteiger partial charge in [0.15, 0.2) is 4.67 Å². The van der Waals surface area contributed by atoms with Crippen LogP contribution in [0.25, 0.3) is 0 Å². The van der Waals surface area contributed by atoms with Gasteiger partial charge in [0.1, 0.15) is 5.76 Å². The SMILES string of the molecule is CNCC1CCc2oc(Br)cc21. The van der Waals surface area contributed by atoms with Gasteiger partial charge in [-0.3, -0.25) is 0 Å². The summed E-state index contributed by atoms with van der Waals surface area (Å²) in [6.45, 7) is 1.05. The molecule has 66 valence electrons. The Balaban J connectivity index is 2.22. The molecule has 1 unspecified atom stereocenters. The molecule has 3 heteroatoms. The molecule has 1 N–H and O–H groups in total. The Morgan fingerprint density at radius 2 is 2.58 bits per heavy atom. The number of aryl methyl sites for hydroxylation is 1. The predicted molar refractivity (Wildman–Crippen MR) is 51.4 cm³/mol. The minimum atomic E-state index is 0.653. The maximum Gasteiger partial charge on any atom is 0.169 e. The third kappa shape index (κ3) is 1.31. The number of furan rings is 1. The van der Waals surface area contributed by atoms with E-state index in [9.17, 15) is 0 Å². The van der Waals surface area contributed by atoms with E-state index in [4.69, 9.17) is 4.42 Å². The highest BCUT2D eigenvalue weighted by atomic mass is 79.9. The first-order chi connectivity index (χ1) is 5.81. The summed E-state index contributed by atoms with van der Waals surface area (Å²) in [7, 11) is 1.99. The van der Waals surface area contributed by atoms with Crippen LogP contribution in [-0.2, 0) is 6.42 Å². The van der Waals surface area contributed by atoms with E-state index in [0.717, 1.165) is 17.6 Å². The summed E-state index contributed by atoms with van der Waals surface area (Å²) in [6.07, 6.45) is 2.32. The van der Waals surface area contributed by atoms with Crippen molar-refractivity contribution in [1.82, 2.24) is 5.32 Å². The molecule has 2 nitrogen and oxygen atoms in total. The lowest BCUT2D eigenvalue weighted by Gasteiger charge is -2.06. The molecule has 1 aliphatic carbocycles. The molecule has 0 amide bonds. The summed E-state index contributed by atoms with van der Waals surface area (Å²) < 4.78 is 6.36. The molecule has 0 spiro atoms. The highest BCUT2D eigenvalue weighted by Gasteiger charge is 2.25. The molecule has 1 atom stereocenters. The second-order valence-corrected chi connectivity index (χ2v) is 4.00. The lowest BCUT2D eigenvalue weighted by Crippen LogP contribution is -2.14. The maximum atomic E-state index is 5.49. The van der Waals surface area contributed by atoms with Crippen LogP contribution in [0.5, 0.6) is 0 Å². The zero-order valence-corrected chi connectivity index (χ0v) is 8.65.